The van der Waals surface area contributed by atoms with E-state index in [9.17, 15) is 0 Å². The second kappa shape index (κ2) is 7.24. The van der Waals surface area contributed by atoms with Crippen LogP contribution >= 0.6 is 0 Å². The minimum absolute atomic E-state index is 0.816. The Kier molecular flexibility index (Phi) is 6.20. The molecule has 1 N–H and O–H groups in total. The summed E-state index contributed by atoms with van der Waals surface area (Å²) in [6.07, 6.45) is 6.85. The summed E-state index contributed by atoms with van der Waals surface area (Å²) in [6.45, 7) is 9.53. The van der Waals surface area contributed by atoms with Crippen LogP contribution in [0.4, 0.5) is 0 Å². The van der Waals surface area contributed by atoms with Crippen molar-refractivity contribution in [3.05, 3.63) is 0 Å². The summed E-state index contributed by atoms with van der Waals surface area (Å²) in [5.74, 6) is 0. The van der Waals surface area contributed by atoms with Gasteiger partial charge < -0.3 is 5.32 Å². The maximum atomic E-state index is 3.51. The topological polar surface area (TPSA) is 15.3 Å². The largest absolute Gasteiger partial charge is 0.315 e. The van der Waals surface area contributed by atoms with Gasteiger partial charge >= 0.3 is 0 Å². The third kappa shape index (κ3) is 4.43. The van der Waals surface area contributed by atoms with E-state index in [0.717, 1.165) is 6.04 Å². The minimum Gasteiger partial charge on any atom is -0.315 e. The van der Waals surface area contributed by atoms with Gasteiger partial charge in [0.25, 0.3) is 0 Å². The maximum Gasteiger partial charge on any atom is 0.0110 e. The molecular formula is C12H26N2. The molecule has 0 radical (unpaired) electrons. The monoisotopic (exact) mass is 198 g/mol. The van der Waals surface area contributed by atoms with Gasteiger partial charge in [-0.2, -0.15) is 0 Å². The van der Waals surface area contributed by atoms with Gasteiger partial charge in [0.15, 0.2) is 0 Å². The van der Waals surface area contributed by atoms with Crippen molar-refractivity contribution in [3.8, 4) is 0 Å². The molecular weight excluding hydrogens is 172 g/mol. The van der Waals surface area contributed by atoms with Crippen LogP contribution < -0.4 is 5.32 Å². The van der Waals surface area contributed by atoms with E-state index in [2.05, 4.69) is 24.1 Å². The molecule has 1 saturated heterocycles. The Labute approximate surface area is 89.1 Å². The maximum absolute atomic E-state index is 3.51. The highest BCUT2D eigenvalue weighted by molar-refractivity contribution is 4.73. The molecule has 1 atom stereocenters. The molecule has 0 amide bonds. The van der Waals surface area contributed by atoms with Crippen LogP contribution in [0.2, 0.25) is 0 Å². The Morgan fingerprint density at radius 1 is 1.29 bits per heavy atom. The van der Waals surface area contributed by atoms with Gasteiger partial charge in [0, 0.05) is 19.1 Å². The third-order valence-electron chi connectivity index (χ3n) is 3.22. The van der Waals surface area contributed by atoms with Gasteiger partial charge in [-0.3, -0.25) is 4.90 Å². The van der Waals surface area contributed by atoms with Gasteiger partial charge in [-0.15, -0.1) is 0 Å². The fourth-order valence-corrected chi connectivity index (χ4v) is 2.14. The first-order valence-corrected chi connectivity index (χ1v) is 6.29. The quantitative estimate of drug-likeness (QED) is 0.659. The molecule has 0 aliphatic carbocycles. The summed E-state index contributed by atoms with van der Waals surface area (Å²) >= 11 is 0. The number of hydrogen-bond donors (Lipinski definition) is 1. The van der Waals surface area contributed by atoms with E-state index in [1.165, 1.54) is 58.3 Å². The van der Waals surface area contributed by atoms with Crippen molar-refractivity contribution in [2.24, 2.45) is 0 Å². The zero-order valence-electron chi connectivity index (χ0n) is 9.89. The summed E-state index contributed by atoms with van der Waals surface area (Å²) in [4.78, 5) is 2.63. The molecule has 1 heterocycles. The van der Waals surface area contributed by atoms with Crippen LogP contribution in [0.15, 0.2) is 0 Å². The van der Waals surface area contributed by atoms with Crippen molar-refractivity contribution in [3.63, 3.8) is 0 Å². The molecule has 14 heavy (non-hydrogen) atoms. The molecule has 0 saturated carbocycles. The average Bonchev–Trinajstić information content (AvgIpc) is 2.20. The lowest BCUT2D eigenvalue weighted by atomic mass is 10.0. The lowest BCUT2D eigenvalue weighted by molar-refractivity contribution is 0.161. The highest BCUT2D eigenvalue weighted by Crippen LogP contribution is 2.15. The summed E-state index contributed by atoms with van der Waals surface area (Å²) in [5.41, 5.74) is 0. The summed E-state index contributed by atoms with van der Waals surface area (Å²) in [5, 5.41) is 3.51. The van der Waals surface area contributed by atoms with E-state index in [-0.39, 0.29) is 0 Å². The van der Waals surface area contributed by atoms with E-state index in [0.29, 0.717) is 0 Å². The number of unbranched alkanes of at least 4 members (excludes halogenated alkanes) is 1. The zero-order chi connectivity index (χ0) is 10.2. The van der Waals surface area contributed by atoms with Crippen LogP contribution in [0.1, 0.15) is 46.0 Å². The van der Waals surface area contributed by atoms with E-state index in [1.54, 1.807) is 0 Å². The van der Waals surface area contributed by atoms with Crippen LogP contribution in [0, 0.1) is 0 Å². The first-order valence-electron chi connectivity index (χ1n) is 6.29. The van der Waals surface area contributed by atoms with Gasteiger partial charge in [-0.05, 0) is 39.3 Å². The van der Waals surface area contributed by atoms with Gasteiger partial charge in [-0.1, -0.05) is 19.8 Å². The zero-order valence-corrected chi connectivity index (χ0v) is 9.89. The lowest BCUT2D eigenvalue weighted by Crippen LogP contribution is -2.41. The molecule has 0 aromatic rings. The van der Waals surface area contributed by atoms with Crippen molar-refractivity contribution in [1.29, 1.82) is 0 Å². The predicted molar refractivity (Wildman–Crippen MR) is 62.7 cm³/mol. The van der Waals surface area contributed by atoms with Crippen LogP contribution in [-0.4, -0.2) is 37.1 Å². The number of piperidine rings is 1. The normalized spacial score (nSPS) is 24.0. The Hall–Kier alpha value is -0.0800. The Bertz CT molecular complexity index is 136. The smallest absolute Gasteiger partial charge is 0.0110 e. The minimum atomic E-state index is 0.816. The molecule has 0 aromatic carbocycles. The molecule has 0 bridgehead atoms. The average molecular weight is 198 g/mol. The van der Waals surface area contributed by atoms with E-state index < -0.39 is 0 Å². The Morgan fingerprint density at radius 2 is 2.14 bits per heavy atom. The fourth-order valence-electron chi connectivity index (χ4n) is 2.14. The van der Waals surface area contributed by atoms with Gasteiger partial charge in [0.05, 0.1) is 0 Å². The van der Waals surface area contributed by atoms with Crippen LogP contribution in [-0.2, 0) is 0 Å². The van der Waals surface area contributed by atoms with Crippen molar-refractivity contribution >= 4 is 0 Å². The molecule has 84 valence electrons. The molecule has 1 aliphatic rings. The van der Waals surface area contributed by atoms with Crippen LogP contribution in [0.3, 0.4) is 0 Å². The number of hydrogen-bond acceptors (Lipinski definition) is 2. The van der Waals surface area contributed by atoms with Crippen LogP contribution in [0.5, 0.6) is 0 Å². The second-order valence-corrected chi connectivity index (χ2v) is 4.48. The predicted octanol–water partition coefficient (Wildman–Crippen LogP) is 2.25. The number of rotatable bonds is 6. The van der Waals surface area contributed by atoms with E-state index in [4.69, 9.17) is 0 Å². The first-order chi connectivity index (χ1) is 6.84. The van der Waals surface area contributed by atoms with Crippen molar-refractivity contribution in [1.82, 2.24) is 10.2 Å². The standard InChI is InChI=1S/C12H26N2/c1-3-4-8-13-9-11-14-10-6-5-7-12(14)2/h12-13H,3-11H2,1-2H3. The summed E-state index contributed by atoms with van der Waals surface area (Å²) < 4.78 is 0. The molecule has 1 rings (SSSR count). The Balaban J connectivity index is 1.99. The lowest BCUT2D eigenvalue weighted by Gasteiger charge is -2.33. The number of nitrogens with zero attached hydrogens (tertiary/aromatic N) is 1. The van der Waals surface area contributed by atoms with Crippen LogP contribution in [0.25, 0.3) is 0 Å². The van der Waals surface area contributed by atoms with Gasteiger partial charge in [0.2, 0.25) is 0 Å². The molecule has 2 heteroatoms. The SMILES string of the molecule is CCCCNCCN1CCCCC1C. The molecule has 1 aliphatic heterocycles. The highest BCUT2D eigenvalue weighted by atomic mass is 15.2. The Morgan fingerprint density at radius 3 is 2.86 bits per heavy atom. The molecule has 1 unspecified atom stereocenters. The fraction of sp³-hybridized carbons (Fsp3) is 1.00. The van der Waals surface area contributed by atoms with E-state index in [1.807, 2.05) is 0 Å². The molecule has 2 nitrogen and oxygen atoms in total. The van der Waals surface area contributed by atoms with Crippen molar-refractivity contribution < 1.29 is 0 Å². The second-order valence-electron chi connectivity index (χ2n) is 4.48. The number of likely N-dealkylation sites (tertiary alicyclic amines) is 1. The third-order valence-corrected chi connectivity index (χ3v) is 3.22. The van der Waals surface area contributed by atoms with Crippen molar-refractivity contribution in [2.45, 2.75) is 52.0 Å². The van der Waals surface area contributed by atoms with E-state index >= 15 is 0 Å². The molecule has 1 fully saturated rings. The molecule has 0 spiro atoms. The van der Waals surface area contributed by atoms with Gasteiger partial charge in [-0.25, -0.2) is 0 Å². The summed E-state index contributed by atoms with van der Waals surface area (Å²) in [7, 11) is 0. The summed E-state index contributed by atoms with van der Waals surface area (Å²) in [6, 6.07) is 0.816. The highest BCUT2D eigenvalue weighted by Gasteiger charge is 2.16. The first kappa shape index (κ1) is 12.0. The number of nitrogens with one attached hydrogen (secondary N) is 1. The molecule has 0 aromatic heterocycles. The van der Waals surface area contributed by atoms with Crippen molar-refractivity contribution in [2.75, 3.05) is 26.2 Å². The van der Waals surface area contributed by atoms with Gasteiger partial charge in [0.1, 0.15) is 0 Å².